The first kappa shape index (κ1) is 24.9. The van der Waals surface area contributed by atoms with E-state index in [0.29, 0.717) is 23.4 Å². The van der Waals surface area contributed by atoms with Crippen molar-refractivity contribution in [3.8, 4) is 0 Å². The number of hydrogen-bond acceptors (Lipinski definition) is 4. The maximum absolute atomic E-state index is 12.0. The SMILES string of the molecule is CCCCCCCCC(C)CCCC(=O)OC(CC(=O)[O-])C[N+](C)(C)C. The van der Waals surface area contributed by atoms with Gasteiger partial charge >= 0.3 is 5.97 Å². The standard InChI is InChI=1S/C21H41NO4/c1-6-7-8-9-10-11-13-18(2)14-12-15-21(25)26-19(16-20(23)24)17-22(3,4)5/h18-19H,6-17H2,1-5H3. The van der Waals surface area contributed by atoms with Gasteiger partial charge in [-0.2, -0.15) is 0 Å². The molecule has 154 valence electrons. The number of quaternary nitrogens is 1. The van der Waals surface area contributed by atoms with Crippen LogP contribution < -0.4 is 5.11 Å². The molecule has 2 unspecified atom stereocenters. The lowest BCUT2D eigenvalue weighted by atomic mass is 9.97. The number of nitrogens with zero attached hydrogens (tertiary/aromatic N) is 1. The molecule has 0 aliphatic rings. The molecule has 2 atom stereocenters. The topological polar surface area (TPSA) is 66.4 Å². The fourth-order valence-corrected chi connectivity index (χ4v) is 3.20. The Balaban J connectivity index is 3.95. The molecule has 0 N–H and O–H groups in total. The highest BCUT2D eigenvalue weighted by molar-refractivity contribution is 5.70. The molecule has 5 heteroatoms. The van der Waals surface area contributed by atoms with Crippen LogP contribution in [0.4, 0.5) is 0 Å². The predicted octanol–water partition coefficient (Wildman–Crippen LogP) is 3.30. The highest BCUT2D eigenvalue weighted by Gasteiger charge is 2.22. The molecule has 0 bridgehead atoms. The van der Waals surface area contributed by atoms with Gasteiger partial charge in [0.05, 0.1) is 21.1 Å². The van der Waals surface area contributed by atoms with E-state index in [1.54, 1.807) is 0 Å². The van der Waals surface area contributed by atoms with Crippen LogP contribution >= 0.6 is 0 Å². The van der Waals surface area contributed by atoms with Gasteiger partial charge in [-0.05, 0) is 12.3 Å². The second kappa shape index (κ2) is 14.0. The number of ether oxygens (including phenoxy) is 1. The highest BCUT2D eigenvalue weighted by atomic mass is 16.5. The van der Waals surface area contributed by atoms with Crippen molar-refractivity contribution in [3.05, 3.63) is 0 Å². The third-order valence-corrected chi connectivity index (χ3v) is 4.57. The third kappa shape index (κ3) is 16.4. The Bertz CT molecular complexity index is 390. The van der Waals surface area contributed by atoms with Crippen LogP contribution in [-0.4, -0.2) is 50.2 Å². The Labute approximate surface area is 160 Å². The summed E-state index contributed by atoms with van der Waals surface area (Å²) in [4.78, 5) is 22.9. The Morgan fingerprint density at radius 2 is 1.54 bits per heavy atom. The first-order valence-electron chi connectivity index (χ1n) is 10.3. The lowest BCUT2D eigenvalue weighted by Gasteiger charge is -2.29. The Morgan fingerprint density at radius 3 is 2.12 bits per heavy atom. The van der Waals surface area contributed by atoms with Crippen molar-refractivity contribution in [2.24, 2.45) is 5.92 Å². The molecule has 0 fully saturated rings. The number of carboxylic acid groups (broad SMARTS) is 1. The van der Waals surface area contributed by atoms with Crippen molar-refractivity contribution >= 4 is 11.9 Å². The van der Waals surface area contributed by atoms with E-state index in [9.17, 15) is 14.7 Å². The van der Waals surface area contributed by atoms with Crippen molar-refractivity contribution in [2.75, 3.05) is 27.7 Å². The second-order valence-electron chi connectivity index (χ2n) is 8.71. The summed E-state index contributed by atoms with van der Waals surface area (Å²) in [5.41, 5.74) is 0. The maximum atomic E-state index is 12.0. The van der Waals surface area contributed by atoms with Gasteiger partial charge in [0, 0.05) is 18.8 Å². The molecular weight excluding hydrogens is 330 g/mol. The van der Waals surface area contributed by atoms with E-state index in [4.69, 9.17) is 4.74 Å². The maximum Gasteiger partial charge on any atom is 0.306 e. The number of hydrogen-bond donors (Lipinski definition) is 0. The smallest absolute Gasteiger partial charge is 0.306 e. The van der Waals surface area contributed by atoms with Gasteiger partial charge in [0.1, 0.15) is 6.54 Å². The summed E-state index contributed by atoms with van der Waals surface area (Å²) in [7, 11) is 5.83. The van der Waals surface area contributed by atoms with Gasteiger partial charge in [0.2, 0.25) is 0 Å². The second-order valence-corrected chi connectivity index (χ2v) is 8.71. The summed E-state index contributed by atoms with van der Waals surface area (Å²) < 4.78 is 5.92. The average Bonchev–Trinajstić information content (AvgIpc) is 2.48. The highest BCUT2D eigenvalue weighted by Crippen LogP contribution is 2.17. The van der Waals surface area contributed by atoms with Crippen molar-refractivity contribution in [1.82, 2.24) is 0 Å². The molecule has 0 spiro atoms. The van der Waals surface area contributed by atoms with E-state index in [2.05, 4.69) is 13.8 Å². The molecule has 0 saturated carbocycles. The number of rotatable bonds is 16. The van der Waals surface area contributed by atoms with E-state index in [-0.39, 0.29) is 12.4 Å². The van der Waals surface area contributed by atoms with Crippen molar-refractivity contribution < 1.29 is 23.9 Å². The van der Waals surface area contributed by atoms with Gasteiger partial charge in [-0.15, -0.1) is 0 Å². The van der Waals surface area contributed by atoms with Crippen LogP contribution in [0.2, 0.25) is 0 Å². The summed E-state index contributed by atoms with van der Waals surface area (Å²) in [5, 5.41) is 10.9. The Morgan fingerprint density at radius 1 is 0.962 bits per heavy atom. The van der Waals surface area contributed by atoms with E-state index in [0.717, 1.165) is 12.8 Å². The number of likely N-dealkylation sites (N-methyl/N-ethyl adjacent to an activating group) is 1. The van der Waals surface area contributed by atoms with Crippen LogP contribution in [0.3, 0.4) is 0 Å². The van der Waals surface area contributed by atoms with Gasteiger partial charge in [-0.1, -0.05) is 65.2 Å². The largest absolute Gasteiger partial charge is 0.550 e. The van der Waals surface area contributed by atoms with E-state index < -0.39 is 12.1 Å². The first-order chi connectivity index (χ1) is 12.1. The number of unbranched alkanes of at least 4 members (excludes halogenated alkanes) is 5. The lowest BCUT2D eigenvalue weighted by Crippen LogP contribution is -2.45. The van der Waals surface area contributed by atoms with Crippen LogP contribution in [-0.2, 0) is 14.3 Å². The molecule has 0 heterocycles. The fourth-order valence-electron chi connectivity index (χ4n) is 3.20. The predicted molar refractivity (Wildman–Crippen MR) is 103 cm³/mol. The zero-order valence-electron chi connectivity index (χ0n) is 17.7. The molecule has 0 saturated heterocycles. The summed E-state index contributed by atoms with van der Waals surface area (Å²) in [6, 6.07) is 0. The third-order valence-electron chi connectivity index (χ3n) is 4.57. The summed E-state index contributed by atoms with van der Waals surface area (Å²) in [6.45, 7) is 4.94. The van der Waals surface area contributed by atoms with Crippen LogP contribution in [0.5, 0.6) is 0 Å². The molecule has 0 aliphatic carbocycles. The lowest BCUT2D eigenvalue weighted by molar-refractivity contribution is -0.873. The van der Waals surface area contributed by atoms with Crippen molar-refractivity contribution in [3.63, 3.8) is 0 Å². The minimum atomic E-state index is -1.18. The van der Waals surface area contributed by atoms with Gasteiger partial charge in [-0.25, -0.2) is 0 Å². The number of carbonyl (C=O) groups excluding carboxylic acids is 2. The quantitative estimate of drug-likeness (QED) is 0.237. The van der Waals surface area contributed by atoms with E-state index in [1.807, 2.05) is 21.1 Å². The number of aliphatic carboxylic acids is 1. The van der Waals surface area contributed by atoms with Crippen LogP contribution in [0.15, 0.2) is 0 Å². The first-order valence-corrected chi connectivity index (χ1v) is 10.3. The van der Waals surface area contributed by atoms with Gasteiger partial charge in [0.25, 0.3) is 0 Å². The summed E-state index contributed by atoms with van der Waals surface area (Å²) in [6.07, 6.45) is 10.4. The molecular formula is C21H41NO4. The molecule has 5 nitrogen and oxygen atoms in total. The molecule has 0 amide bonds. The zero-order chi connectivity index (χ0) is 20.0. The molecule has 0 rings (SSSR count). The van der Waals surface area contributed by atoms with Crippen LogP contribution in [0, 0.1) is 5.92 Å². The van der Waals surface area contributed by atoms with Gasteiger partial charge in [0.15, 0.2) is 6.10 Å². The number of carboxylic acids is 1. The van der Waals surface area contributed by atoms with Crippen molar-refractivity contribution in [2.45, 2.75) is 90.6 Å². The minimum Gasteiger partial charge on any atom is -0.550 e. The van der Waals surface area contributed by atoms with E-state index in [1.165, 1.54) is 44.9 Å². The van der Waals surface area contributed by atoms with Crippen molar-refractivity contribution in [1.29, 1.82) is 0 Å². The van der Waals surface area contributed by atoms with Gasteiger partial charge < -0.3 is 19.1 Å². The molecule has 0 aromatic carbocycles. The van der Waals surface area contributed by atoms with Crippen LogP contribution in [0.25, 0.3) is 0 Å². The molecule has 26 heavy (non-hydrogen) atoms. The monoisotopic (exact) mass is 371 g/mol. The Kier molecular flexibility index (Phi) is 13.4. The Hall–Kier alpha value is -1.10. The van der Waals surface area contributed by atoms with Crippen LogP contribution in [0.1, 0.15) is 84.5 Å². The van der Waals surface area contributed by atoms with Gasteiger partial charge in [-0.3, -0.25) is 4.79 Å². The van der Waals surface area contributed by atoms with E-state index >= 15 is 0 Å². The summed E-state index contributed by atoms with van der Waals surface area (Å²) >= 11 is 0. The zero-order valence-corrected chi connectivity index (χ0v) is 17.7. The average molecular weight is 372 g/mol. The fraction of sp³-hybridized carbons (Fsp3) is 0.905. The minimum absolute atomic E-state index is 0.240. The number of esters is 1. The molecule has 0 aromatic heterocycles. The normalized spacial score (nSPS) is 14.0. The molecule has 0 radical (unpaired) electrons. The summed E-state index contributed by atoms with van der Waals surface area (Å²) in [5.74, 6) is -0.848. The molecule has 0 aliphatic heterocycles. The number of carbonyl (C=O) groups is 2. The molecule has 0 aromatic rings.